The molecule has 0 saturated carbocycles. The molecule has 1 saturated heterocycles. The Labute approximate surface area is 134 Å². The first kappa shape index (κ1) is 15.1. The van der Waals surface area contributed by atoms with E-state index in [0.29, 0.717) is 18.8 Å². The van der Waals surface area contributed by atoms with Crippen LogP contribution in [-0.2, 0) is 0 Å². The monoisotopic (exact) mass is 310 g/mol. The van der Waals surface area contributed by atoms with Crippen molar-refractivity contribution in [2.75, 3.05) is 22.9 Å². The number of hydrogen-bond acceptors (Lipinski definition) is 2. The van der Waals surface area contributed by atoms with Crippen LogP contribution < -0.4 is 9.80 Å². The number of aryl methyl sites for hydroxylation is 2. The molecule has 2 aromatic rings. The van der Waals surface area contributed by atoms with E-state index in [0.717, 1.165) is 16.8 Å². The van der Waals surface area contributed by atoms with E-state index in [1.165, 1.54) is 0 Å². The molecule has 0 aliphatic carbocycles. The van der Waals surface area contributed by atoms with E-state index in [1.807, 2.05) is 38.1 Å². The zero-order valence-electron chi connectivity index (χ0n) is 13.1. The molecule has 2 amide bonds. The molecule has 1 fully saturated rings. The largest absolute Gasteiger partial charge is 0.478 e. The van der Waals surface area contributed by atoms with Crippen molar-refractivity contribution in [2.24, 2.45) is 0 Å². The zero-order chi connectivity index (χ0) is 16.6. The third-order valence-corrected chi connectivity index (χ3v) is 4.10. The molecule has 0 aromatic heterocycles. The second-order valence-corrected chi connectivity index (χ2v) is 5.73. The summed E-state index contributed by atoms with van der Waals surface area (Å²) >= 11 is 0. The maximum atomic E-state index is 12.7. The second kappa shape index (κ2) is 5.76. The summed E-state index contributed by atoms with van der Waals surface area (Å²) in [4.78, 5) is 27.2. The lowest BCUT2D eigenvalue weighted by Gasteiger charge is -2.20. The lowest BCUT2D eigenvalue weighted by molar-refractivity contribution is 0.0697. The number of carboxylic acid groups (broad SMARTS) is 1. The molecule has 1 N–H and O–H groups in total. The van der Waals surface area contributed by atoms with Crippen molar-refractivity contribution in [3.8, 4) is 0 Å². The molecule has 1 aliphatic rings. The van der Waals surface area contributed by atoms with E-state index < -0.39 is 5.97 Å². The van der Waals surface area contributed by atoms with Crippen LogP contribution in [0.5, 0.6) is 0 Å². The molecule has 5 heteroatoms. The molecule has 0 atom stereocenters. The molecular weight excluding hydrogens is 292 g/mol. The summed E-state index contributed by atoms with van der Waals surface area (Å²) in [6, 6.07) is 12.5. The number of aromatic carboxylic acids is 1. The van der Waals surface area contributed by atoms with Gasteiger partial charge in [0.1, 0.15) is 0 Å². The summed E-state index contributed by atoms with van der Waals surface area (Å²) in [6.07, 6.45) is 0. The summed E-state index contributed by atoms with van der Waals surface area (Å²) in [6.45, 7) is 5.00. The van der Waals surface area contributed by atoms with E-state index in [4.69, 9.17) is 5.11 Å². The van der Waals surface area contributed by atoms with Crippen LogP contribution in [0, 0.1) is 13.8 Å². The van der Waals surface area contributed by atoms with Gasteiger partial charge in [0.25, 0.3) is 0 Å². The number of rotatable bonds is 3. The normalized spacial score (nSPS) is 14.4. The minimum atomic E-state index is -0.992. The number of carbonyl (C=O) groups is 2. The molecule has 5 nitrogen and oxygen atoms in total. The Morgan fingerprint density at radius 1 is 1.00 bits per heavy atom. The van der Waals surface area contributed by atoms with Crippen molar-refractivity contribution >= 4 is 23.4 Å². The number of amides is 2. The minimum Gasteiger partial charge on any atom is -0.478 e. The maximum Gasteiger partial charge on any atom is 0.335 e. The first-order valence-corrected chi connectivity index (χ1v) is 7.47. The summed E-state index contributed by atoms with van der Waals surface area (Å²) in [5.41, 5.74) is 3.73. The topological polar surface area (TPSA) is 60.9 Å². The number of carboxylic acids is 1. The van der Waals surface area contributed by atoms with Gasteiger partial charge in [-0.15, -0.1) is 0 Å². The van der Waals surface area contributed by atoms with Gasteiger partial charge in [-0.25, -0.2) is 9.59 Å². The molecule has 2 aromatic carbocycles. The fraction of sp³-hybridized carbons (Fsp3) is 0.222. The van der Waals surface area contributed by atoms with Gasteiger partial charge in [0.2, 0.25) is 0 Å². The van der Waals surface area contributed by atoms with Gasteiger partial charge >= 0.3 is 12.0 Å². The fourth-order valence-corrected chi connectivity index (χ4v) is 2.76. The Kier molecular flexibility index (Phi) is 3.78. The van der Waals surface area contributed by atoms with Crippen molar-refractivity contribution in [3.63, 3.8) is 0 Å². The second-order valence-electron chi connectivity index (χ2n) is 5.73. The van der Waals surface area contributed by atoms with Gasteiger partial charge in [0.15, 0.2) is 0 Å². The van der Waals surface area contributed by atoms with Crippen molar-refractivity contribution in [1.29, 1.82) is 0 Å². The minimum absolute atomic E-state index is 0.125. The van der Waals surface area contributed by atoms with Gasteiger partial charge < -0.3 is 5.11 Å². The maximum absolute atomic E-state index is 12.7. The predicted octanol–water partition coefficient (Wildman–Crippen LogP) is 3.45. The number of benzene rings is 2. The van der Waals surface area contributed by atoms with E-state index in [-0.39, 0.29) is 11.6 Å². The Morgan fingerprint density at radius 2 is 1.65 bits per heavy atom. The molecule has 0 spiro atoms. The van der Waals surface area contributed by atoms with Crippen LogP contribution in [0.25, 0.3) is 0 Å². The fourth-order valence-electron chi connectivity index (χ4n) is 2.76. The van der Waals surface area contributed by atoms with Crippen molar-refractivity contribution in [2.45, 2.75) is 13.8 Å². The first-order valence-electron chi connectivity index (χ1n) is 7.47. The third-order valence-electron chi connectivity index (χ3n) is 4.10. The average molecular weight is 310 g/mol. The number of urea groups is 1. The standard InChI is InChI=1S/C18H18N2O3/c1-12-3-7-15(8-4-12)19-9-10-20(18(19)23)16-11-14(17(21)22)6-5-13(16)2/h3-8,11H,9-10H2,1-2H3,(H,21,22). The molecule has 1 aliphatic heterocycles. The molecule has 0 radical (unpaired) electrons. The molecule has 23 heavy (non-hydrogen) atoms. The Balaban J connectivity index is 1.91. The summed E-state index contributed by atoms with van der Waals surface area (Å²) < 4.78 is 0. The highest BCUT2D eigenvalue weighted by Gasteiger charge is 2.31. The quantitative estimate of drug-likeness (QED) is 0.944. The lowest BCUT2D eigenvalue weighted by Crippen LogP contribution is -2.32. The van der Waals surface area contributed by atoms with Crippen LogP contribution in [-0.4, -0.2) is 30.2 Å². The van der Waals surface area contributed by atoms with Gasteiger partial charge in [-0.3, -0.25) is 9.80 Å². The molecular formula is C18H18N2O3. The number of nitrogens with zero attached hydrogens (tertiary/aromatic N) is 2. The Bertz CT molecular complexity index is 768. The Hall–Kier alpha value is -2.82. The van der Waals surface area contributed by atoms with Crippen LogP contribution in [0.2, 0.25) is 0 Å². The van der Waals surface area contributed by atoms with Crippen molar-refractivity contribution in [3.05, 3.63) is 59.2 Å². The molecule has 118 valence electrons. The average Bonchev–Trinajstić information content (AvgIpc) is 2.90. The van der Waals surface area contributed by atoms with Crippen LogP contribution in [0.15, 0.2) is 42.5 Å². The van der Waals surface area contributed by atoms with Gasteiger partial charge in [-0.2, -0.15) is 0 Å². The summed E-state index contributed by atoms with van der Waals surface area (Å²) in [5, 5.41) is 9.15. The van der Waals surface area contributed by atoms with Gasteiger partial charge in [-0.1, -0.05) is 23.8 Å². The smallest absolute Gasteiger partial charge is 0.335 e. The highest BCUT2D eigenvalue weighted by molar-refractivity contribution is 6.07. The van der Waals surface area contributed by atoms with Crippen molar-refractivity contribution in [1.82, 2.24) is 0 Å². The van der Waals surface area contributed by atoms with E-state index in [1.54, 1.807) is 28.0 Å². The number of anilines is 2. The highest BCUT2D eigenvalue weighted by atomic mass is 16.4. The predicted molar refractivity (Wildman–Crippen MR) is 89.4 cm³/mol. The molecule has 1 heterocycles. The van der Waals surface area contributed by atoms with Crippen LogP contribution in [0.1, 0.15) is 21.5 Å². The van der Waals surface area contributed by atoms with Crippen LogP contribution in [0.3, 0.4) is 0 Å². The molecule has 0 unspecified atom stereocenters. The summed E-state index contributed by atoms with van der Waals surface area (Å²) in [7, 11) is 0. The number of hydrogen-bond donors (Lipinski definition) is 1. The number of carbonyl (C=O) groups excluding carboxylic acids is 1. The van der Waals surface area contributed by atoms with Crippen LogP contribution in [0.4, 0.5) is 16.2 Å². The molecule has 3 rings (SSSR count). The highest BCUT2D eigenvalue weighted by Crippen LogP contribution is 2.28. The van der Waals surface area contributed by atoms with Crippen molar-refractivity contribution < 1.29 is 14.7 Å². The third kappa shape index (κ3) is 2.77. The van der Waals surface area contributed by atoms with Gasteiger partial charge in [0.05, 0.1) is 5.56 Å². The van der Waals surface area contributed by atoms with Gasteiger partial charge in [0, 0.05) is 24.5 Å². The zero-order valence-corrected chi connectivity index (χ0v) is 13.1. The summed E-state index contributed by atoms with van der Waals surface area (Å²) in [5.74, 6) is -0.992. The van der Waals surface area contributed by atoms with E-state index >= 15 is 0 Å². The van der Waals surface area contributed by atoms with Crippen LogP contribution >= 0.6 is 0 Å². The molecule has 0 bridgehead atoms. The van der Waals surface area contributed by atoms with E-state index in [9.17, 15) is 9.59 Å². The van der Waals surface area contributed by atoms with Gasteiger partial charge in [-0.05, 0) is 43.7 Å². The Morgan fingerprint density at radius 3 is 2.30 bits per heavy atom. The first-order chi connectivity index (χ1) is 11.0. The SMILES string of the molecule is Cc1ccc(N2CCN(c3cc(C(=O)O)ccc3C)C2=O)cc1. The lowest BCUT2D eigenvalue weighted by atomic mass is 10.1. The van der Waals surface area contributed by atoms with E-state index in [2.05, 4.69) is 0 Å².